The smallest absolute Gasteiger partial charge is 0.306 e. The average Bonchev–Trinajstić information content (AvgIpc) is 3.38. The first kappa shape index (κ1) is 68.8. The van der Waals surface area contributed by atoms with Crippen molar-refractivity contribution in [1.29, 1.82) is 0 Å². The molecule has 0 fully saturated rings. The van der Waals surface area contributed by atoms with Crippen molar-refractivity contribution in [2.45, 2.75) is 316 Å². The van der Waals surface area contributed by atoms with Crippen LogP contribution in [0.5, 0.6) is 0 Å². The summed E-state index contributed by atoms with van der Waals surface area (Å²) in [4.78, 5) is 38.0. The Kier molecular flexibility index (Phi) is 57.8. The molecule has 416 valence electrons. The molecule has 6 nitrogen and oxygen atoms in total. The summed E-state index contributed by atoms with van der Waals surface area (Å²) in [6.07, 6.45) is 77.9. The van der Waals surface area contributed by atoms with Gasteiger partial charge in [-0.3, -0.25) is 14.4 Å². The highest BCUT2D eigenvalue weighted by Crippen LogP contribution is 2.17. The molecule has 0 aromatic heterocycles. The van der Waals surface area contributed by atoms with Crippen LogP contribution in [-0.4, -0.2) is 37.2 Å². The fourth-order valence-electron chi connectivity index (χ4n) is 8.86. The molecule has 0 bridgehead atoms. The van der Waals surface area contributed by atoms with Gasteiger partial charge in [0.2, 0.25) is 0 Å². The second-order valence-electron chi connectivity index (χ2n) is 20.6. The molecule has 0 spiro atoms. The van der Waals surface area contributed by atoms with E-state index in [-0.39, 0.29) is 31.1 Å². The Morgan fingerprint density at radius 2 is 0.542 bits per heavy atom. The third kappa shape index (κ3) is 57.7. The van der Waals surface area contributed by atoms with Crippen LogP contribution >= 0.6 is 0 Å². The number of hydrogen-bond donors (Lipinski definition) is 0. The van der Waals surface area contributed by atoms with Crippen molar-refractivity contribution in [3.05, 3.63) is 72.9 Å². The second kappa shape index (κ2) is 60.4. The van der Waals surface area contributed by atoms with Crippen LogP contribution in [-0.2, 0) is 28.6 Å². The summed E-state index contributed by atoms with van der Waals surface area (Å²) in [5.74, 6) is -0.864. The van der Waals surface area contributed by atoms with Crippen LogP contribution in [0.25, 0.3) is 0 Å². The quantitative estimate of drug-likeness (QED) is 0.0261. The molecule has 0 saturated carbocycles. The van der Waals surface area contributed by atoms with Gasteiger partial charge in [0.1, 0.15) is 13.2 Å². The lowest BCUT2D eigenvalue weighted by Gasteiger charge is -2.18. The minimum absolute atomic E-state index is 0.0700. The van der Waals surface area contributed by atoms with Crippen molar-refractivity contribution in [2.24, 2.45) is 0 Å². The molecule has 0 amide bonds. The number of ether oxygens (including phenoxy) is 3. The van der Waals surface area contributed by atoms with E-state index in [0.29, 0.717) is 19.3 Å². The SMILES string of the molecule is CC/C=C\C/C=C\C/C=C\C/C=C\C/C=C\C/C=C\CCCCCCCCCCCCCCCCC(=O)OCC(COC(=O)CCCCCCCCC)OC(=O)CCCCCCCCCCCCCCCC. The van der Waals surface area contributed by atoms with E-state index in [1.165, 1.54) is 173 Å². The van der Waals surface area contributed by atoms with Gasteiger partial charge < -0.3 is 14.2 Å². The third-order valence-corrected chi connectivity index (χ3v) is 13.5. The number of hydrogen-bond acceptors (Lipinski definition) is 6. The molecular formula is C66H116O6. The van der Waals surface area contributed by atoms with Crippen molar-refractivity contribution in [1.82, 2.24) is 0 Å². The van der Waals surface area contributed by atoms with E-state index in [1.54, 1.807) is 0 Å². The van der Waals surface area contributed by atoms with Crippen LogP contribution in [0.2, 0.25) is 0 Å². The van der Waals surface area contributed by atoms with Crippen LogP contribution in [0.1, 0.15) is 310 Å². The Morgan fingerprint density at radius 3 is 0.847 bits per heavy atom. The van der Waals surface area contributed by atoms with Crippen LogP contribution < -0.4 is 0 Å². The van der Waals surface area contributed by atoms with E-state index in [4.69, 9.17) is 14.2 Å². The van der Waals surface area contributed by atoms with Gasteiger partial charge in [-0.1, -0.05) is 293 Å². The van der Waals surface area contributed by atoms with Gasteiger partial charge >= 0.3 is 17.9 Å². The molecule has 1 atom stereocenters. The number of allylic oxidation sites excluding steroid dienone is 12. The van der Waals surface area contributed by atoms with Crippen LogP contribution in [0.4, 0.5) is 0 Å². The van der Waals surface area contributed by atoms with E-state index >= 15 is 0 Å². The average molecular weight is 1010 g/mol. The summed E-state index contributed by atoms with van der Waals surface area (Å²) in [6, 6.07) is 0. The van der Waals surface area contributed by atoms with Gasteiger partial charge in [-0.15, -0.1) is 0 Å². The van der Waals surface area contributed by atoms with E-state index in [1.807, 2.05) is 0 Å². The van der Waals surface area contributed by atoms with Crippen molar-refractivity contribution in [2.75, 3.05) is 13.2 Å². The standard InChI is InChI=1S/C66H116O6/c1-4-7-10-13-16-18-20-22-24-25-26-27-28-29-30-31-32-33-34-35-36-37-38-39-40-41-42-44-45-47-50-53-56-59-65(68)71-62-63(61-70-64(67)58-55-52-49-15-12-9-6-3)72-66(69)60-57-54-51-48-46-43-23-21-19-17-14-11-8-5-2/h7,10,16,18,22,24,26-27,29-30,32-33,63H,4-6,8-9,11-15,17,19-21,23,25,28,31,34-62H2,1-3H3/b10-7-,18-16-,24-22-,27-26-,30-29-,33-32-. The summed E-state index contributed by atoms with van der Waals surface area (Å²) in [5, 5.41) is 0. The zero-order chi connectivity index (χ0) is 52.2. The highest BCUT2D eigenvalue weighted by atomic mass is 16.6. The molecule has 72 heavy (non-hydrogen) atoms. The van der Waals surface area contributed by atoms with Crippen molar-refractivity contribution in [3.63, 3.8) is 0 Å². The van der Waals surface area contributed by atoms with E-state index in [2.05, 4.69) is 93.7 Å². The lowest BCUT2D eigenvalue weighted by molar-refractivity contribution is -0.167. The number of carbonyl (C=O) groups is 3. The van der Waals surface area contributed by atoms with Crippen LogP contribution in [0.15, 0.2) is 72.9 Å². The fraction of sp³-hybridized carbons (Fsp3) is 0.773. The topological polar surface area (TPSA) is 78.9 Å². The molecule has 1 unspecified atom stereocenters. The molecule has 0 aromatic carbocycles. The molecule has 0 aromatic rings. The van der Waals surface area contributed by atoms with E-state index < -0.39 is 6.10 Å². The first-order chi connectivity index (χ1) is 35.5. The number of esters is 3. The normalized spacial score (nSPS) is 12.5. The Bertz CT molecular complexity index is 1340. The van der Waals surface area contributed by atoms with E-state index in [9.17, 15) is 14.4 Å². The molecule has 0 rings (SSSR count). The molecule has 0 radical (unpaired) electrons. The molecule has 0 N–H and O–H groups in total. The van der Waals surface area contributed by atoms with Gasteiger partial charge in [0.05, 0.1) is 0 Å². The molecule has 0 saturated heterocycles. The molecule has 0 aliphatic rings. The Morgan fingerprint density at radius 1 is 0.292 bits per heavy atom. The predicted molar refractivity (Wildman–Crippen MR) is 311 cm³/mol. The molecule has 0 heterocycles. The first-order valence-electron chi connectivity index (χ1n) is 30.9. The van der Waals surface area contributed by atoms with Crippen molar-refractivity contribution in [3.8, 4) is 0 Å². The lowest BCUT2D eigenvalue weighted by atomic mass is 10.0. The number of unbranched alkanes of at least 4 members (excludes halogenated alkanes) is 33. The Hall–Kier alpha value is -3.15. The maximum absolute atomic E-state index is 12.8. The Labute approximate surface area is 446 Å². The number of carbonyl (C=O) groups excluding carboxylic acids is 3. The van der Waals surface area contributed by atoms with Gasteiger partial charge in [-0.2, -0.15) is 0 Å². The summed E-state index contributed by atoms with van der Waals surface area (Å²) < 4.78 is 16.8. The third-order valence-electron chi connectivity index (χ3n) is 13.5. The van der Waals surface area contributed by atoms with Gasteiger partial charge in [-0.25, -0.2) is 0 Å². The maximum Gasteiger partial charge on any atom is 0.306 e. The van der Waals surface area contributed by atoms with Crippen molar-refractivity contribution < 1.29 is 28.6 Å². The van der Waals surface area contributed by atoms with Gasteiger partial charge in [0.15, 0.2) is 6.10 Å². The minimum atomic E-state index is -0.768. The molecule has 6 heteroatoms. The zero-order valence-electron chi connectivity index (χ0n) is 47.7. The highest BCUT2D eigenvalue weighted by Gasteiger charge is 2.19. The largest absolute Gasteiger partial charge is 0.462 e. The lowest BCUT2D eigenvalue weighted by Crippen LogP contribution is -2.30. The van der Waals surface area contributed by atoms with E-state index in [0.717, 1.165) is 96.3 Å². The maximum atomic E-state index is 12.8. The predicted octanol–water partition coefficient (Wildman–Crippen LogP) is 20.9. The number of rotatable bonds is 56. The van der Waals surface area contributed by atoms with Crippen LogP contribution in [0.3, 0.4) is 0 Å². The molecule has 0 aliphatic heterocycles. The zero-order valence-corrected chi connectivity index (χ0v) is 47.7. The van der Waals surface area contributed by atoms with Crippen molar-refractivity contribution >= 4 is 17.9 Å². The highest BCUT2D eigenvalue weighted by molar-refractivity contribution is 5.71. The molecule has 0 aliphatic carbocycles. The van der Waals surface area contributed by atoms with Gasteiger partial charge in [0, 0.05) is 19.3 Å². The first-order valence-corrected chi connectivity index (χ1v) is 30.9. The summed E-state index contributed by atoms with van der Waals surface area (Å²) in [5.41, 5.74) is 0. The second-order valence-corrected chi connectivity index (χ2v) is 20.6. The van der Waals surface area contributed by atoms with Crippen LogP contribution in [0, 0.1) is 0 Å². The Balaban J connectivity index is 4.02. The minimum Gasteiger partial charge on any atom is -0.462 e. The van der Waals surface area contributed by atoms with Gasteiger partial charge in [0.25, 0.3) is 0 Å². The molecular weight excluding hydrogens is 889 g/mol. The summed E-state index contributed by atoms with van der Waals surface area (Å²) in [6.45, 7) is 6.51. The summed E-state index contributed by atoms with van der Waals surface area (Å²) >= 11 is 0. The fourth-order valence-corrected chi connectivity index (χ4v) is 8.86. The monoisotopic (exact) mass is 1000 g/mol. The summed E-state index contributed by atoms with van der Waals surface area (Å²) in [7, 11) is 0. The van der Waals surface area contributed by atoms with Gasteiger partial charge in [-0.05, 0) is 70.6 Å².